The predicted octanol–water partition coefficient (Wildman–Crippen LogP) is 3.92. The highest BCUT2D eigenvalue weighted by Gasteiger charge is 2.36. The average Bonchev–Trinajstić information content (AvgIpc) is 3.64. The first kappa shape index (κ1) is 20.7. The van der Waals surface area contributed by atoms with Crippen LogP contribution in [0.25, 0.3) is 11.0 Å². The summed E-state index contributed by atoms with van der Waals surface area (Å²) in [7, 11) is 0. The Morgan fingerprint density at radius 3 is 2.62 bits per heavy atom. The molecule has 0 radical (unpaired) electrons. The second kappa shape index (κ2) is 8.79. The van der Waals surface area contributed by atoms with Crippen LogP contribution in [0.2, 0.25) is 0 Å². The number of aromatic nitrogens is 1. The number of carbonyl (C=O) groups is 1. The predicted molar refractivity (Wildman–Crippen MR) is 129 cm³/mol. The minimum Gasteiger partial charge on any atom is -0.467 e. The quantitative estimate of drug-likeness (QED) is 0.454. The van der Waals surface area contributed by atoms with Gasteiger partial charge in [0.25, 0.3) is 5.91 Å². The third-order valence-corrected chi connectivity index (χ3v) is 6.45. The number of anilines is 1. The van der Waals surface area contributed by atoms with Crippen LogP contribution in [0.15, 0.2) is 87.1 Å². The first-order valence-corrected chi connectivity index (χ1v) is 11.5. The molecular weight excluding hydrogens is 430 g/mol. The first-order valence-electron chi connectivity index (χ1n) is 11.5. The molecule has 1 saturated heterocycles. The van der Waals surface area contributed by atoms with Crippen LogP contribution in [0.5, 0.6) is 0 Å². The molecule has 5 heterocycles. The third kappa shape index (κ3) is 3.97. The van der Waals surface area contributed by atoms with Gasteiger partial charge < -0.3 is 13.7 Å². The van der Waals surface area contributed by atoms with Crippen LogP contribution in [0.1, 0.15) is 24.0 Å². The summed E-state index contributed by atoms with van der Waals surface area (Å²) in [5, 5.41) is 7.31. The molecule has 8 heteroatoms. The van der Waals surface area contributed by atoms with Crippen LogP contribution in [-0.2, 0) is 4.79 Å². The Morgan fingerprint density at radius 2 is 1.85 bits per heavy atom. The van der Waals surface area contributed by atoms with Crippen molar-refractivity contribution in [2.75, 3.05) is 37.6 Å². The van der Waals surface area contributed by atoms with E-state index in [1.54, 1.807) is 11.3 Å². The highest BCUT2D eigenvalue weighted by atomic mass is 16.3. The first-order chi connectivity index (χ1) is 16.7. The molecule has 1 aromatic carbocycles. The summed E-state index contributed by atoms with van der Waals surface area (Å²) in [6.07, 6.45) is 3.99. The fourth-order valence-corrected chi connectivity index (χ4v) is 4.66. The van der Waals surface area contributed by atoms with Gasteiger partial charge in [-0.3, -0.25) is 9.69 Å². The molecule has 1 atom stereocenters. The van der Waals surface area contributed by atoms with Crippen molar-refractivity contribution in [3.63, 3.8) is 0 Å². The van der Waals surface area contributed by atoms with Gasteiger partial charge >= 0.3 is 0 Å². The van der Waals surface area contributed by atoms with E-state index >= 15 is 0 Å². The fourth-order valence-electron chi connectivity index (χ4n) is 4.66. The van der Waals surface area contributed by atoms with E-state index in [1.165, 1.54) is 0 Å². The van der Waals surface area contributed by atoms with Gasteiger partial charge in [0.2, 0.25) is 0 Å². The lowest BCUT2D eigenvalue weighted by molar-refractivity contribution is -0.134. The zero-order valence-electron chi connectivity index (χ0n) is 18.7. The minimum absolute atomic E-state index is 0.0428. The Hall–Kier alpha value is -3.91. The Kier molecular flexibility index (Phi) is 5.35. The number of piperazine rings is 1. The summed E-state index contributed by atoms with van der Waals surface area (Å²) in [6, 6.07) is 19.3. The van der Waals surface area contributed by atoms with Crippen molar-refractivity contribution < 1.29 is 13.6 Å². The molecule has 0 aliphatic carbocycles. The lowest BCUT2D eigenvalue weighted by Gasteiger charge is -2.35. The van der Waals surface area contributed by atoms with Gasteiger partial charge in [-0.15, -0.1) is 0 Å². The molecule has 0 bridgehead atoms. The van der Waals surface area contributed by atoms with E-state index in [9.17, 15) is 4.79 Å². The van der Waals surface area contributed by atoms with E-state index in [2.05, 4.69) is 14.8 Å². The van der Waals surface area contributed by atoms with Crippen molar-refractivity contribution >= 4 is 28.4 Å². The second-order valence-corrected chi connectivity index (χ2v) is 8.62. The highest BCUT2D eigenvalue weighted by molar-refractivity contribution is 6.03. The highest BCUT2D eigenvalue weighted by Crippen LogP contribution is 2.34. The summed E-state index contributed by atoms with van der Waals surface area (Å²) in [5.41, 5.74) is 1.57. The molecule has 0 saturated carbocycles. The van der Waals surface area contributed by atoms with E-state index in [0.29, 0.717) is 18.7 Å². The van der Waals surface area contributed by atoms with Crippen molar-refractivity contribution in [1.82, 2.24) is 14.9 Å². The monoisotopic (exact) mass is 455 g/mol. The molecular formula is C26H25N5O3. The van der Waals surface area contributed by atoms with Crippen molar-refractivity contribution in [1.29, 1.82) is 0 Å². The number of benzene rings is 1. The van der Waals surface area contributed by atoms with Gasteiger partial charge in [-0.25, -0.2) is 9.99 Å². The van der Waals surface area contributed by atoms with Gasteiger partial charge in [-0.05, 0) is 36.4 Å². The second-order valence-electron chi connectivity index (χ2n) is 8.62. The van der Waals surface area contributed by atoms with Crippen molar-refractivity contribution in [3.8, 4) is 0 Å². The van der Waals surface area contributed by atoms with E-state index in [0.717, 1.165) is 54.4 Å². The number of hydrazone groups is 1. The summed E-state index contributed by atoms with van der Waals surface area (Å²) >= 11 is 0. The van der Waals surface area contributed by atoms with Crippen LogP contribution in [-0.4, -0.2) is 59.2 Å². The van der Waals surface area contributed by atoms with Crippen molar-refractivity contribution in [2.45, 2.75) is 12.5 Å². The Bertz CT molecular complexity index is 1270. The molecule has 3 aromatic heterocycles. The number of hydrogen-bond donors (Lipinski definition) is 0. The van der Waals surface area contributed by atoms with Crippen LogP contribution in [0, 0.1) is 0 Å². The minimum atomic E-state index is -0.277. The number of pyridine rings is 1. The zero-order valence-corrected chi connectivity index (χ0v) is 18.7. The maximum Gasteiger partial charge on any atom is 0.257 e. The number of hydrogen-bond acceptors (Lipinski definition) is 7. The number of furan rings is 2. The molecule has 8 nitrogen and oxygen atoms in total. The van der Waals surface area contributed by atoms with Crippen molar-refractivity contribution in [3.05, 3.63) is 84.6 Å². The van der Waals surface area contributed by atoms with Gasteiger partial charge in [0.15, 0.2) is 5.76 Å². The number of fused-ring (bicyclic) bond motifs is 1. The smallest absolute Gasteiger partial charge is 0.257 e. The summed E-state index contributed by atoms with van der Waals surface area (Å²) in [4.78, 5) is 22.3. The molecule has 0 spiro atoms. The lowest BCUT2D eigenvalue weighted by atomic mass is 10.1. The number of para-hydroxylation sites is 1. The normalized spacial score (nSPS) is 19.1. The molecule has 172 valence electrons. The molecule has 0 N–H and O–H groups in total. The molecule has 1 amide bonds. The van der Waals surface area contributed by atoms with Crippen LogP contribution in [0.4, 0.5) is 5.82 Å². The maximum absolute atomic E-state index is 13.4. The summed E-state index contributed by atoms with van der Waals surface area (Å²) < 4.78 is 11.7. The van der Waals surface area contributed by atoms with Crippen LogP contribution in [0.3, 0.4) is 0 Å². The zero-order chi connectivity index (χ0) is 22.9. The van der Waals surface area contributed by atoms with E-state index in [-0.39, 0.29) is 11.9 Å². The molecule has 1 fully saturated rings. The van der Waals surface area contributed by atoms with Gasteiger partial charge in [0.1, 0.15) is 28.9 Å². The SMILES string of the molecule is O=C(CN1CCN(c2ccccn2)CC1)N1N=C(c2cc3ccccc3o2)C[C@H]1c1ccco1. The van der Waals surface area contributed by atoms with Gasteiger partial charge in [0.05, 0.1) is 12.8 Å². The Balaban J connectivity index is 1.18. The van der Waals surface area contributed by atoms with Crippen LogP contribution < -0.4 is 4.90 Å². The molecule has 2 aliphatic rings. The third-order valence-electron chi connectivity index (χ3n) is 6.45. The Morgan fingerprint density at radius 1 is 1.00 bits per heavy atom. The maximum atomic E-state index is 13.4. The molecule has 0 unspecified atom stereocenters. The number of nitrogens with zero attached hydrogens (tertiary/aromatic N) is 5. The Labute approximate surface area is 197 Å². The van der Waals surface area contributed by atoms with Gasteiger partial charge in [0, 0.05) is 44.2 Å². The topological polar surface area (TPSA) is 78.3 Å². The van der Waals surface area contributed by atoms with Gasteiger partial charge in [-0.1, -0.05) is 24.3 Å². The molecule has 6 rings (SSSR count). The summed E-state index contributed by atoms with van der Waals surface area (Å²) in [5.74, 6) is 2.35. The molecule has 2 aliphatic heterocycles. The van der Waals surface area contributed by atoms with E-state index in [1.807, 2.05) is 66.9 Å². The van der Waals surface area contributed by atoms with E-state index < -0.39 is 0 Å². The lowest BCUT2D eigenvalue weighted by Crippen LogP contribution is -2.49. The van der Waals surface area contributed by atoms with Gasteiger partial charge in [-0.2, -0.15) is 5.10 Å². The van der Waals surface area contributed by atoms with E-state index in [4.69, 9.17) is 13.9 Å². The standard InChI is InChI=1S/C26H25N5O3/c32-26(18-29-11-13-30(14-12-29)25-9-3-4-10-27-25)31-21(23-8-5-15-33-23)17-20(28-31)24-16-19-6-1-2-7-22(19)34-24/h1-10,15-16,21H,11-14,17-18H2/t21-/m0/s1. The largest absolute Gasteiger partial charge is 0.467 e. The van der Waals surface area contributed by atoms with Crippen LogP contribution >= 0.6 is 0 Å². The number of amides is 1. The molecule has 4 aromatic rings. The fraction of sp³-hybridized carbons (Fsp3) is 0.269. The number of rotatable bonds is 5. The molecule has 34 heavy (non-hydrogen) atoms. The van der Waals surface area contributed by atoms with Crippen molar-refractivity contribution in [2.24, 2.45) is 5.10 Å². The summed E-state index contributed by atoms with van der Waals surface area (Å²) in [6.45, 7) is 3.56. The number of carbonyl (C=O) groups excluding carboxylic acids is 1. The average molecular weight is 456 g/mol.